The number of nitrogens with one attached hydrogen (secondary N) is 2. The Labute approximate surface area is 153 Å². The summed E-state index contributed by atoms with van der Waals surface area (Å²) in [5, 5.41) is 15.1. The minimum absolute atomic E-state index is 0.00939. The Morgan fingerprint density at radius 3 is 2.50 bits per heavy atom. The number of carbonyl (C=O) groups excluding carboxylic acids is 2. The van der Waals surface area contributed by atoms with Gasteiger partial charge < -0.3 is 15.7 Å². The number of thiophene rings is 1. The molecule has 24 heavy (non-hydrogen) atoms. The summed E-state index contributed by atoms with van der Waals surface area (Å²) < 4.78 is 0.848. The second kappa shape index (κ2) is 7.36. The first-order valence-electron chi connectivity index (χ1n) is 7.33. The van der Waals surface area contributed by atoms with Gasteiger partial charge in [-0.15, -0.1) is 11.3 Å². The minimum Gasteiger partial charge on any atom is -0.506 e. The van der Waals surface area contributed by atoms with Crippen molar-refractivity contribution in [3.8, 4) is 5.75 Å². The van der Waals surface area contributed by atoms with E-state index in [1.54, 1.807) is 24.3 Å². The second-order valence-corrected chi connectivity index (χ2v) is 8.78. The van der Waals surface area contributed by atoms with Gasteiger partial charge in [0.25, 0.3) is 5.91 Å². The van der Waals surface area contributed by atoms with E-state index in [-0.39, 0.29) is 23.6 Å². The highest BCUT2D eigenvalue weighted by Crippen LogP contribution is 2.30. The maximum absolute atomic E-state index is 12.0. The van der Waals surface area contributed by atoms with E-state index in [1.165, 1.54) is 11.3 Å². The van der Waals surface area contributed by atoms with E-state index >= 15 is 0 Å². The maximum atomic E-state index is 12.0. The largest absolute Gasteiger partial charge is 0.506 e. The van der Waals surface area contributed by atoms with Crippen molar-refractivity contribution in [2.24, 2.45) is 0 Å². The molecule has 0 spiro atoms. The minimum atomic E-state index is -0.402. The molecule has 128 valence electrons. The molecule has 0 fully saturated rings. The monoisotopic (exact) mass is 410 g/mol. The van der Waals surface area contributed by atoms with E-state index in [0.29, 0.717) is 10.6 Å². The molecule has 0 atom stereocenters. The van der Waals surface area contributed by atoms with Gasteiger partial charge in [-0.2, -0.15) is 0 Å². The lowest BCUT2D eigenvalue weighted by Crippen LogP contribution is -2.32. The van der Waals surface area contributed by atoms with Gasteiger partial charge in [0.15, 0.2) is 0 Å². The molecular weight excluding hydrogens is 392 g/mol. The molecule has 2 amide bonds. The molecule has 0 bridgehead atoms. The van der Waals surface area contributed by atoms with Crippen LogP contribution in [0.2, 0.25) is 0 Å². The van der Waals surface area contributed by atoms with Crippen LogP contribution in [0.5, 0.6) is 5.75 Å². The normalized spacial score (nSPS) is 11.2. The molecule has 0 aliphatic rings. The van der Waals surface area contributed by atoms with E-state index in [0.717, 1.165) is 9.35 Å². The van der Waals surface area contributed by atoms with Crippen molar-refractivity contribution in [3.63, 3.8) is 0 Å². The molecule has 1 heterocycles. The summed E-state index contributed by atoms with van der Waals surface area (Å²) in [6.07, 6.45) is 0. The Bertz CT molecular complexity index is 765. The van der Waals surface area contributed by atoms with Crippen LogP contribution in [0.4, 0.5) is 5.69 Å². The Balaban J connectivity index is 1.98. The van der Waals surface area contributed by atoms with Crippen LogP contribution in [0.1, 0.15) is 36.0 Å². The third kappa shape index (κ3) is 4.82. The highest BCUT2D eigenvalue weighted by molar-refractivity contribution is 9.11. The summed E-state index contributed by atoms with van der Waals surface area (Å²) >= 11 is 4.58. The van der Waals surface area contributed by atoms with Gasteiger partial charge in [-0.25, -0.2) is 0 Å². The zero-order valence-corrected chi connectivity index (χ0v) is 16.0. The number of aromatic hydroxyl groups is 1. The van der Waals surface area contributed by atoms with Crippen molar-refractivity contribution in [3.05, 3.63) is 44.6 Å². The van der Waals surface area contributed by atoms with Crippen molar-refractivity contribution in [2.75, 3.05) is 11.9 Å². The fraction of sp³-hybridized carbons (Fsp3) is 0.294. The average Bonchev–Trinajstić information content (AvgIpc) is 2.92. The second-order valence-electron chi connectivity index (χ2n) is 6.32. The molecular formula is C17H19BrN2O3S. The lowest BCUT2D eigenvalue weighted by molar-refractivity contribution is -0.115. The van der Waals surface area contributed by atoms with Crippen molar-refractivity contribution >= 4 is 44.8 Å². The molecule has 0 saturated carbocycles. The van der Waals surface area contributed by atoms with Crippen LogP contribution in [0.3, 0.4) is 0 Å². The van der Waals surface area contributed by atoms with Crippen molar-refractivity contribution in [1.82, 2.24) is 5.32 Å². The molecule has 3 N–H and O–H groups in total. The molecule has 2 rings (SSSR count). The first-order chi connectivity index (χ1) is 11.2. The molecule has 1 aromatic heterocycles. The molecule has 0 aliphatic heterocycles. The SMILES string of the molecule is CC(C)(C)c1ccc(O)c(NC(=O)CNC(=O)c2ccc(Br)s2)c1. The van der Waals surface area contributed by atoms with Crippen molar-refractivity contribution in [2.45, 2.75) is 26.2 Å². The van der Waals surface area contributed by atoms with E-state index in [1.807, 2.05) is 26.8 Å². The van der Waals surface area contributed by atoms with Gasteiger partial charge >= 0.3 is 0 Å². The number of hydrogen-bond donors (Lipinski definition) is 3. The van der Waals surface area contributed by atoms with Gasteiger partial charge in [0, 0.05) is 0 Å². The standard InChI is InChI=1S/C17H19BrN2O3S/c1-17(2,3)10-4-5-12(21)11(8-10)20-15(22)9-19-16(23)13-6-7-14(18)24-13/h4-8,21H,9H2,1-3H3,(H,19,23)(H,20,22). The number of hydrogen-bond acceptors (Lipinski definition) is 4. The summed E-state index contributed by atoms with van der Waals surface area (Å²) in [7, 11) is 0. The summed E-state index contributed by atoms with van der Waals surface area (Å²) in [6.45, 7) is 5.96. The molecule has 0 radical (unpaired) electrons. The first-order valence-corrected chi connectivity index (χ1v) is 8.94. The highest BCUT2D eigenvalue weighted by atomic mass is 79.9. The zero-order chi connectivity index (χ0) is 17.9. The van der Waals surface area contributed by atoms with E-state index in [2.05, 4.69) is 26.6 Å². The number of halogens is 1. The van der Waals surface area contributed by atoms with Crippen LogP contribution in [-0.2, 0) is 10.2 Å². The van der Waals surface area contributed by atoms with Gasteiger partial charge in [0.05, 0.1) is 20.9 Å². The molecule has 2 aromatic rings. The molecule has 1 aromatic carbocycles. The number of phenolic OH excluding ortho intramolecular Hbond substituents is 1. The third-order valence-corrected chi connectivity index (χ3v) is 4.97. The number of benzene rings is 1. The fourth-order valence-corrected chi connectivity index (χ4v) is 3.28. The van der Waals surface area contributed by atoms with Gasteiger partial charge in [0.1, 0.15) is 5.75 Å². The quantitative estimate of drug-likeness (QED) is 0.669. The summed E-state index contributed by atoms with van der Waals surface area (Å²) in [6, 6.07) is 8.57. The van der Waals surface area contributed by atoms with Crippen molar-refractivity contribution < 1.29 is 14.7 Å². The third-order valence-electron chi connectivity index (χ3n) is 3.34. The number of carbonyl (C=O) groups is 2. The van der Waals surface area contributed by atoms with E-state index in [9.17, 15) is 14.7 Å². The predicted octanol–water partition coefficient (Wildman–Crippen LogP) is 3.88. The highest BCUT2D eigenvalue weighted by Gasteiger charge is 2.17. The Kier molecular flexibility index (Phi) is 5.66. The fourth-order valence-electron chi connectivity index (χ4n) is 1.98. The van der Waals surface area contributed by atoms with Crippen LogP contribution in [0.15, 0.2) is 34.1 Å². The van der Waals surface area contributed by atoms with Crippen LogP contribution in [0.25, 0.3) is 0 Å². The van der Waals surface area contributed by atoms with Crippen molar-refractivity contribution in [1.29, 1.82) is 0 Å². The maximum Gasteiger partial charge on any atom is 0.261 e. The predicted molar refractivity (Wildman–Crippen MR) is 99.8 cm³/mol. The summed E-state index contributed by atoms with van der Waals surface area (Å²) in [4.78, 5) is 24.5. The average molecular weight is 411 g/mol. The van der Waals surface area contributed by atoms with Gasteiger partial charge in [-0.05, 0) is 51.2 Å². The lowest BCUT2D eigenvalue weighted by atomic mass is 9.87. The molecule has 7 heteroatoms. The number of amides is 2. The number of phenols is 1. The summed E-state index contributed by atoms with van der Waals surface area (Å²) in [5.74, 6) is -0.723. The van der Waals surface area contributed by atoms with Crippen LogP contribution < -0.4 is 10.6 Å². The molecule has 0 unspecified atom stereocenters. The van der Waals surface area contributed by atoms with E-state index in [4.69, 9.17) is 0 Å². The van der Waals surface area contributed by atoms with Gasteiger partial charge in [-0.1, -0.05) is 26.8 Å². The van der Waals surface area contributed by atoms with Crippen LogP contribution >= 0.6 is 27.3 Å². The first kappa shape index (κ1) is 18.5. The van der Waals surface area contributed by atoms with Gasteiger partial charge in [-0.3, -0.25) is 9.59 Å². The number of rotatable bonds is 4. The topological polar surface area (TPSA) is 78.4 Å². The smallest absolute Gasteiger partial charge is 0.261 e. The summed E-state index contributed by atoms with van der Waals surface area (Å²) in [5.41, 5.74) is 1.22. The Morgan fingerprint density at radius 2 is 1.92 bits per heavy atom. The Hall–Kier alpha value is -1.86. The van der Waals surface area contributed by atoms with E-state index < -0.39 is 5.91 Å². The van der Waals surface area contributed by atoms with Crippen LogP contribution in [-0.4, -0.2) is 23.5 Å². The zero-order valence-electron chi connectivity index (χ0n) is 13.6. The molecule has 0 saturated heterocycles. The molecule has 5 nitrogen and oxygen atoms in total. The molecule has 0 aliphatic carbocycles. The van der Waals surface area contributed by atoms with Gasteiger partial charge in [0.2, 0.25) is 5.91 Å². The van der Waals surface area contributed by atoms with Crippen LogP contribution in [0, 0.1) is 0 Å². The number of anilines is 1. The Morgan fingerprint density at radius 1 is 1.21 bits per heavy atom. The lowest BCUT2D eigenvalue weighted by Gasteiger charge is -2.20.